The van der Waals surface area contributed by atoms with Crippen LogP contribution >= 0.6 is 11.6 Å². The molecule has 0 bridgehead atoms. The third-order valence-electron chi connectivity index (χ3n) is 2.62. The minimum absolute atomic E-state index is 0.106. The minimum Gasteiger partial charge on any atom is -0.497 e. The zero-order valence-corrected chi connectivity index (χ0v) is 10.9. The van der Waals surface area contributed by atoms with Gasteiger partial charge in [-0.05, 0) is 31.2 Å². The van der Waals surface area contributed by atoms with Crippen LogP contribution in [0.5, 0.6) is 5.75 Å². The molecule has 0 aliphatic heterocycles. The minimum atomic E-state index is -0.132. The number of hydrogen-bond donors (Lipinski definition) is 0. The fraction of sp³-hybridized carbons (Fsp3) is 0.231. The first-order chi connectivity index (χ1) is 8.65. The standard InChI is InChI=1S/C13H13ClN2O2/c1-9-7-13(17)12(8-14)15-16(9)10-3-5-11(18-2)6-4-10/h3-7H,8H2,1-2H3. The summed E-state index contributed by atoms with van der Waals surface area (Å²) in [5, 5.41) is 4.25. The highest BCUT2D eigenvalue weighted by Crippen LogP contribution is 2.15. The Hall–Kier alpha value is -1.81. The lowest BCUT2D eigenvalue weighted by Crippen LogP contribution is -2.17. The zero-order valence-electron chi connectivity index (χ0n) is 10.2. The zero-order chi connectivity index (χ0) is 13.1. The molecule has 0 saturated carbocycles. The van der Waals surface area contributed by atoms with Crippen LogP contribution < -0.4 is 10.2 Å². The van der Waals surface area contributed by atoms with Crippen LogP contribution in [0.3, 0.4) is 0 Å². The summed E-state index contributed by atoms with van der Waals surface area (Å²) < 4.78 is 6.79. The molecule has 0 aliphatic carbocycles. The normalized spacial score (nSPS) is 10.4. The smallest absolute Gasteiger partial charge is 0.204 e. The molecule has 5 heteroatoms. The van der Waals surface area contributed by atoms with Gasteiger partial charge >= 0.3 is 0 Å². The van der Waals surface area contributed by atoms with E-state index in [9.17, 15) is 4.79 Å². The van der Waals surface area contributed by atoms with E-state index in [0.29, 0.717) is 5.69 Å². The Labute approximate surface area is 110 Å². The van der Waals surface area contributed by atoms with Gasteiger partial charge in [-0.3, -0.25) is 4.79 Å². The predicted molar refractivity (Wildman–Crippen MR) is 70.7 cm³/mol. The summed E-state index contributed by atoms with van der Waals surface area (Å²) in [5.41, 5.74) is 1.84. The van der Waals surface area contributed by atoms with Crippen LogP contribution in [-0.2, 0) is 5.88 Å². The van der Waals surface area contributed by atoms with Gasteiger partial charge in [0.1, 0.15) is 11.4 Å². The number of aromatic nitrogens is 2. The van der Waals surface area contributed by atoms with Crippen LogP contribution in [0.4, 0.5) is 0 Å². The number of rotatable bonds is 3. The molecule has 4 nitrogen and oxygen atoms in total. The topological polar surface area (TPSA) is 44.1 Å². The molecule has 0 saturated heterocycles. The van der Waals surface area contributed by atoms with Crippen molar-refractivity contribution in [2.24, 2.45) is 0 Å². The van der Waals surface area contributed by atoms with E-state index in [1.807, 2.05) is 31.2 Å². The van der Waals surface area contributed by atoms with Crippen molar-refractivity contribution in [2.75, 3.05) is 7.11 Å². The van der Waals surface area contributed by atoms with Crippen LogP contribution in [0.1, 0.15) is 11.4 Å². The predicted octanol–water partition coefficient (Wildman–Crippen LogP) is 2.29. The summed E-state index contributed by atoms with van der Waals surface area (Å²) >= 11 is 5.70. The van der Waals surface area contributed by atoms with Crippen LogP contribution in [-0.4, -0.2) is 16.9 Å². The molecule has 2 rings (SSSR count). The van der Waals surface area contributed by atoms with E-state index in [2.05, 4.69) is 5.10 Å². The second kappa shape index (κ2) is 5.23. The summed E-state index contributed by atoms with van der Waals surface area (Å²) in [6.07, 6.45) is 0. The van der Waals surface area contributed by atoms with Gasteiger partial charge in [0.05, 0.1) is 18.7 Å². The van der Waals surface area contributed by atoms with Gasteiger partial charge in [0, 0.05) is 11.8 Å². The molecule has 0 N–H and O–H groups in total. The molecule has 0 spiro atoms. The van der Waals surface area contributed by atoms with E-state index >= 15 is 0 Å². The summed E-state index contributed by atoms with van der Waals surface area (Å²) in [5.74, 6) is 0.880. The fourth-order valence-electron chi connectivity index (χ4n) is 1.66. The third-order valence-corrected chi connectivity index (χ3v) is 2.88. The Kier molecular flexibility index (Phi) is 3.67. The number of hydrogen-bond acceptors (Lipinski definition) is 3. The lowest BCUT2D eigenvalue weighted by molar-refractivity contribution is 0.414. The third kappa shape index (κ3) is 2.38. The maximum absolute atomic E-state index is 11.6. The van der Waals surface area contributed by atoms with Gasteiger partial charge in [0.25, 0.3) is 0 Å². The number of benzene rings is 1. The van der Waals surface area contributed by atoms with Crippen LogP contribution in [0.15, 0.2) is 35.1 Å². The number of nitrogens with zero attached hydrogens (tertiary/aromatic N) is 2. The van der Waals surface area contributed by atoms with Crippen molar-refractivity contribution in [3.05, 3.63) is 51.9 Å². The number of aryl methyl sites for hydroxylation is 1. The van der Waals surface area contributed by atoms with Gasteiger partial charge in [-0.1, -0.05) is 0 Å². The van der Waals surface area contributed by atoms with Crippen molar-refractivity contribution in [3.63, 3.8) is 0 Å². The first kappa shape index (κ1) is 12.6. The van der Waals surface area contributed by atoms with Crippen LogP contribution in [0.25, 0.3) is 5.69 Å². The molecule has 1 aromatic carbocycles. The number of methoxy groups -OCH3 is 1. The highest BCUT2D eigenvalue weighted by atomic mass is 35.5. The van der Waals surface area contributed by atoms with Crippen molar-refractivity contribution < 1.29 is 4.74 Å². The SMILES string of the molecule is COc1ccc(-n2nc(CCl)c(=O)cc2C)cc1. The van der Waals surface area contributed by atoms with Crippen LogP contribution in [0.2, 0.25) is 0 Å². The summed E-state index contributed by atoms with van der Waals surface area (Å²) in [4.78, 5) is 11.6. The van der Waals surface area contributed by atoms with Crippen molar-refractivity contribution >= 4 is 11.6 Å². The van der Waals surface area contributed by atoms with E-state index in [1.54, 1.807) is 11.8 Å². The summed E-state index contributed by atoms with van der Waals surface area (Å²) in [7, 11) is 1.61. The van der Waals surface area contributed by atoms with E-state index in [-0.39, 0.29) is 11.3 Å². The molecule has 0 amide bonds. The van der Waals surface area contributed by atoms with Gasteiger partial charge in [-0.25, -0.2) is 4.68 Å². The molecule has 0 atom stereocenters. The Morgan fingerprint density at radius 2 is 2.00 bits per heavy atom. The number of alkyl halides is 1. The van der Waals surface area contributed by atoms with Gasteiger partial charge in [0.15, 0.2) is 0 Å². The lowest BCUT2D eigenvalue weighted by atomic mass is 10.3. The van der Waals surface area contributed by atoms with Crippen molar-refractivity contribution in [1.82, 2.24) is 9.78 Å². The molecule has 1 heterocycles. The lowest BCUT2D eigenvalue weighted by Gasteiger charge is -2.10. The van der Waals surface area contributed by atoms with E-state index in [1.165, 1.54) is 6.07 Å². The quantitative estimate of drug-likeness (QED) is 0.799. The number of ether oxygens (including phenoxy) is 1. The average molecular weight is 265 g/mol. The molecular weight excluding hydrogens is 252 g/mol. The van der Waals surface area contributed by atoms with Crippen molar-refractivity contribution in [3.8, 4) is 11.4 Å². The number of halogens is 1. The van der Waals surface area contributed by atoms with E-state index in [4.69, 9.17) is 16.3 Å². The second-order valence-corrected chi connectivity index (χ2v) is 4.11. The molecule has 0 radical (unpaired) electrons. The average Bonchev–Trinajstić information content (AvgIpc) is 2.39. The van der Waals surface area contributed by atoms with Gasteiger partial charge in [-0.15, -0.1) is 11.6 Å². The molecule has 0 fully saturated rings. The first-order valence-corrected chi connectivity index (χ1v) is 5.99. The Morgan fingerprint density at radius 3 is 2.56 bits per heavy atom. The van der Waals surface area contributed by atoms with Gasteiger partial charge in [-0.2, -0.15) is 5.10 Å². The van der Waals surface area contributed by atoms with Gasteiger partial charge < -0.3 is 4.74 Å². The first-order valence-electron chi connectivity index (χ1n) is 5.46. The maximum atomic E-state index is 11.6. The highest BCUT2D eigenvalue weighted by Gasteiger charge is 2.06. The van der Waals surface area contributed by atoms with E-state index < -0.39 is 0 Å². The fourth-order valence-corrected chi connectivity index (χ4v) is 1.85. The summed E-state index contributed by atoms with van der Waals surface area (Å²) in [6, 6.07) is 8.97. The Balaban J connectivity index is 2.52. The maximum Gasteiger partial charge on any atom is 0.204 e. The van der Waals surface area contributed by atoms with E-state index in [0.717, 1.165) is 17.1 Å². The second-order valence-electron chi connectivity index (χ2n) is 3.84. The molecule has 94 valence electrons. The molecule has 1 aromatic heterocycles. The molecular formula is C13H13ClN2O2. The summed E-state index contributed by atoms with van der Waals surface area (Å²) in [6.45, 7) is 1.83. The Morgan fingerprint density at radius 1 is 1.33 bits per heavy atom. The molecule has 0 unspecified atom stereocenters. The Bertz CT molecular complexity index is 605. The van der Waals surface area contributed by atoms with Crippen LogP contribution in [0, 0.1) is 6.92 Å². The van der Waals surface area contributed by atoms with Crippen molar-refractivity contribution in [1.29, 1.82) is 0 Å². The molecule has 0 aliphatic rings. The largest absolute Gasteiger partial charge is 0.497 e. The molecule has 18 heavy (non-hydrogen) atoms. The van der Waals surface area contributed by atoms with Gasteiger partial charge in [0.2, 0.25) is 5.43 Å². The van der Waals surface area contributed by atoms with Crippen molar-refractivity contribution in [2.45, 2.75) is 12.8 Å². The molecule has 2 aromatic rings. The highest BCUT2D eigenvalue weighted by molar-refractivity contribution is 6.16. The monoisotopic (exact) mass is 264 g/mol.